The summed E-state index contributed by atoms with van der Waals surface area (Å²) in [7, 11) is 0. The molecule has 28 heavy (non-hydrogen) atoms. The Morgan fingerprint density at radius 3 is 2.82 bits per heavy atom. The number of carbonyl (C=O) groups excluding carboxylic acids is 1. The van der Waals surface area contributed by atoms with Crippen LogP contribution in [0.5, 0.6) is 0 Å². The lowest BCUT2D eigenvalue weighted by molar-refractivity contribution is -0.136. The molecule has 0 radical (unpaired) electrons. The van der Waals surface area contributed by atoms with Crippen LogP contribution in [-0.2, 0) is 17.8 Å². The number of fused-ring (bicyclic) bond motifs is 2. The molecule has 0 spiro atoms. The fraction of sp³-hybridized carbons (Fsp3) is 0.429. The van der Waals surface area contributed by atoms with Gasteiger partial charge in [-0.1, -0.05) is 24.3 Å². The predicted octanol–water partition coefficient (Wildman–Crippen LogP) is 2.23. The number of hydrogen-bond acceptors (Lipinski definition) is 5. The van der Waals surface area contributed by atoms with E-state index < -0.39 is 0 Å². The van der Waals surface area contributed by atoms with Crippen LogP contribution in [-0.4, -0.2) is 50.3 Å². The van der Waals surface area contributed by atoms with Crippen molar-refractivity contribution in [3.8, 4) is 0 Å². The van der Waals surface area contributed by atoms with Gasteiger partial charge in [-0.3, -0.25) is 4.79 Å². The molecule has 1 aromatic carbocycles. The Hall–Kier alpha value is -2.96. The molecule has 7 heteroatoms. The zero-order valence-electron chi connectivity index (χ0n) is 16.1. The fourth-order valence-corrected chi connectivity index (χ4v) is 4.38. The van der Waals surface area contributed by atoms with Crippen molar-refractivity contribution in [1.82, 2.24) is 24.7 Å². The first kappa shape index (κ1) is 17.2. The molecule has 5 rings (SSSR count). The van der Waals surface area contributed by atoms with Crippen molar-refractivity contribution in [1.29, 1.82) is 0 Å². The van der Waals surface area contributed by atoms with Crippen LogP contribution in [0.2, 0.25) is 0 Å². The van der Waals surface area contributed by atoms with Gasteiger partial charge in [0.05, 0.1) is 5.92 Å². The van der Waals surface area contributed by atoms with Crippen LogP contribution in [0.15, 0.2) is 36.4 Å². The molecule has 144 valence electrons. The van der Waals surface area contributed by atoms with Crippen LogP contribution in [0.1, 0.15) is 29.8 Å². The number of nitrogens with zero attached hydrogens (tertiary/aromatic N) is 6. The highest BCUT2D eigenvalue weighted by atomic mass is 16.2. The number of benzene rings is 1. The summed E-state index contributed by atoms with van der Waals surface area (Å²) >= 11 is 0. The summed E-state index contributed by atoms with van der Waals surface area (Å²) in [5.41, 5.74) is 3.40. The van der Waals surface area contributed by atoms with E-state index in [0.717, 1.165) is 62.7 Å². The molecule has 2 aromatic heterocycles. The maximum absolute atomic E-state index is 13.2. The molecule has 7 nitrogen and oxygen atoms in total. The van der Waals surface area contributed by atoms with Gasteiger partial charge in [-0.2, -0.15) is 4.52 Å². The zero-order chi connectivity index (χ0) is 19.1. The second-order valence-electron chi connectivity index (χ2n) is 7.77. The lowest BCUT2D eigenvalue weighted by atomic mass is 9.94. The molecule has 3 aromatic rings. The first-order chi connectivity index (χ1) is 13.7. The monoisotopic (exact) mass is 376 g/mol. The van der Waals surface area contributed by atoms with E-state index in [1.807, 2.05) is 24.0 Å². The minimum Gasteiger partial charge on any atom is -0.354 e. The molecule has 2 aliphatic rings. The molecule has 1 unspecified atom stereocenters. The third-order valence-electron chi connectivity index (χ3n) is 5.94. The van der Waals surface area contributed by atoms with Crippen LogP contribution < -0.4 is 4.90 Å². The second kappa shape index (κ2) is 6.89. The SMILES string of the molecule is Cc1nnc2ccc(N3CCCC(C(=O)N4CCc5ccccc5C4)C3)nn12. The van der Waals surface area contributed by atoms with Crippen molar-refractivity contribution < 1.29 is 4.79 Å². The molecule has 4 heterocycles. The van der Waals surface area contributed by atoms with Crippen LogP contribution >= 0.6 is 0 Å². The molecule has 1 fully saturated rings. The third kappa shape index (κ3) is 3.00. The summed E-state index contributed by atoms with van der Waals surface area (Å²) in [6, 6.07) is 12.4. The summed E-state index contributed by atoms with van der Waals surface area (Å²) in [5, 5.41) is 12.9. The van der Waals surface area contributed by atoms with E-state index >= 15 is 0 Å². The lowest BCUT2D eigenvalue weighted by Gasteiger charge is -2.37. The molecule has 1 atom stereocenters. The molecule has 1 saturated heterocycles. The smallest absolute Gasteiger partial charge is 0.227 e. The summed E-state index contributed by atoms with van der Waals surface area (Å²) in [6.45, 7) is 5.09. The molecule has 0 saturated carbocycles. The van der Waals surface area contributed by atoms with Gasteiger partial charge in [0.15, 0.2) is 11.5 Å². The highest BCUT2D eigenvalue weighted by Gasteiger charge is 2.31. The van der Waals surface area contributed by atoms with Crippen LogP contribution in [0.3, 0.4) is 0 Å². The maximum atomic E-state index is 13.2. The molecular weight excluding hydrogens is 352 g/mol. The number of aryl methyl sites for hydroxylation is 1. The Morgan fingerprint density at radius 2 is 1.93 bits per heavy atom. The lowest BCUT2D eigenvalue weighted by Crippen LogP contribution is -2.46. The topological polar surface area (TPSA) is 66.6 Å². The average Bonchev–Trinajstić information content (AvgIpc) is 3.13. The van der Waals surface area contributed by atoms with Crippen LogP contribution in [0.4, 0.5) is 5.82 Å². The van der Waals surface area contributed by atoms with E-state index in [1.54, 1.807) is 4.52 Å². The largest absolute Gasteiger partial charge is 0.354 e. The van der Waals surface area contributed by atoms with Crippen LogP contribution in [0, 0.1) is 12.8 Å². The highest BCUT2D eigenvalue weighted by molar-refractivity contribution is 5.80. The van der Waals surface area contributed by atoms with Gasteiger partial charge in [-0.25, -0.2) is 0 Å². The Balaban J connectivity index is 1.32. The van der Waals surface area contributed by atoms with Gasteiger partial charge in [-0.15, -0.1) is 15.3 Å². The Labute approximate surface area is 164 Å². The highest BCUT2D eigenvalue weighted by Crippen LogP contribution is 2.26. The van der Waals surface area contributed by atoms with Gasteiger partial charge >= 0.3 is 0 Å². The van der Waals surface area contributed by atoms with Crippen molar-refractivity contribution in [2.45, 2.75) is 32.7 Å². The minimum atomic E-state index is 0.0264. The number of rotatable bonds is 2. The number of aromatic nitrogens is 4. The van der Waals surface area contributed by atoms with Crippen molar-refractivity contribution in [2.24, 2.45) is 5.92 Å². The van der Waals surface area contributed by atoms with Gasteiger partial charge < -0.3 is 9.80 Å². The fourth-order valence-electron chi connectivity index (χ4n) is 4.38. The minimum absolute atomic E-state index is 0.0264. The second-order valence-corrected chi connectivity index (χ2v) is 7.77. The number of anilines is 1. The number of piperidine rings is 1. The summed E-state index contributed by atoms with van der Waals surface area (Å²) in [4.78, 5) is 17.5. The van der Waals surface area contributed by atoms with E-state index in [4.69, 9.17) is 0 Å². The van der Waals surface area contributed by atoms with E-state index in [0.29, 0.717) is 0 Å². The predicted molar refractivity (Wildman–Crippen MR) is 106 cm³/mol. The van der Waals surface area contributed by atoms with Crippen molar-refractivity contribution in [3.63, 3.8) is 0 Å². The molecular formula is C21H24N6O. The molecule has 2 aliphatic heterocycles. The van der Waals surface area contributed by atoms with Crippen molar-refractivity contribution >= 4 is 17.4 Å². The number of carbonyl (C=O) groups is 1. The van der Waals surface area contributed by atoms with Crippen LogP contribution in [0.25, 0.3) is 5.65 Å². The molecule has 0 N–H and O–H groups in total. The van der Waals surface area contributed by atoms with E-state index in [1.165, 1.54) is 11.1 Å². The Kier molecular flexibility index (Phi) is 4.22. The summed E-state index contributed by atoms with van der Waals surface area (Å²) in [6.07, 6.45) is 2.90. The maximum Gasteiger partial charge on any atom is 0.227 e. The van der Waals surface area contributed by atoms with Crippen molar-refractivity contribution in [3.05, 3.63) is 53.3 Å². The van der Waals surface area contributed by atoms with Gasteiger partial charge in [0.2, 0.25) is 5.91 Å². The normalized spacial score (nSPS) is 19.7. The van der Waals surface area contributed by atoms with Gasteiger partial charge in [0, 0.05) is 26.2 Å². The zero-order valence-corrected chi connectivity index (χ0v) is 16.1. The van der Waals surface area contributed by atoms with Gasteiger partial charge in [0.25, 0.3) is 0 Å². The molecule has 0 aliphatic carbocycles. The summed E-state index contributed by atoms with van der Waals surface area (Å²) in [5.74, 6) is 1.96. The molecule has 0 bridgehead atoms. The first-order valence-corrected chi connectivity index (χ1v) is 9.98. The quantitative estimate of drug-likeness (QED) is 0.686. The third-order valence-corrected chi connectivity index (χ3v) is 5.94. The van der Waals surface area contributed by atoms with E-state index in [2.05, 4.69) is 44.5 Å². The van der Waals surface area contributed by atoms with E-state index in [-0.39, 0.29) is 11.8 Å². The first-order valence-electron chi connectivity index (χ1n) is 9.98. The average molecular weight is 376 g/mol. The number of amides is 1. The molecule has 1 amide bonds. The van der Waals surface area contributed by atoms with Crippen molar-refractivity contribution in [2.75, 3.05) is 24.5 Å². The van der Waals surface area contributed by atoms with Gasteiger partial charge in [0.1, 0.15) is 5.82 Å². The summed E-state index contributed by atoms with van der Waals surface area (Å²) < 4.78 is 1.77. The van der Waals surface area contributed by atoms with E-state index in [9.17, 15) is 4.79 Å². The number of hydrogen-bond donors (Lipinski definition) is 0. The Bertz CT molecular complexity index is 1030. The standard InChI is InChI=1S/C21H24N6O/c1-15-22-23-19-8-9-20(24-27(15)19)25-11-4-7-18(14-25)21(28)26-12-10-16-5-2-3-6-17(16)13-26/h2-3,5-6,8-9,18H,4,7,10-14H2,1H3. The Morgan fingerprint density at radius 1 is 1.07 bits per heavy atom. The van der Waals surface area contributed by atoms with Gasteiger partial charge in [-0.05, 0) is 49.4 Å².